The molecule has 11 nitrogen and oxygen atoms in total. The summed E-state index contributed by atoms with van der Waals surface area (Å²) in [4.78, 5) is 35.2. The van der Waals surface area contributed by atoms with Gasteiger partial charge in [0.1, 0.15) is 5.69 Å². The molecule has 6 rings (SSSR count). The summed E-state index contributed by atoms with van der Waals surface area (Å²) in [5.41, 5.74) is -0.912. The topological polar surface area (TPSA) is 125 Å². The van der Waals surface area contributed by atoms with E-state index in [2.05, 4.69) is 30.7 Å². The van der Waals surface area contributed by atoms with Crippen LogP contribution in [0.25, 0.3) is 28.3 Å². The lowest BCUT2D eigenvalue weighted by Crippen LogP contribution is -2.27. The standard InChI is InChI=1S/C29H24F5N9O2/c1-15-4-3-5-21(16-8-9-35-19(10-16)27-20(38-28(15)45)12-37-41(27)2)42-14-36-18(11-24(42)44)25-22(7-6-17(30)26(25)31)43-13-23(39-40-43)29(32,33)34/h6-15,21H,3-5H2,1-2H3,(H,38,45)/t15-,21+/m1/s1. The maximum Gasteiger partial charge on any atom is 0.436 e. The normalized spacial score (nSPS) is 17.3. The lowest BCUT2D eigenvalue weighted by atomic mass is 9.95. The molecule has 1 aliphatic rings. The molecule has 1 aliphatic heterocycles. The lowest BCUT2D eigenvalue weighted by molar-refractivity contribution is -0.141. The highest BCUT2D eigenvalue weighted by atomic mass is 19.4. The smallest absolute Gasteiger partial charge is 0.323 e. The van der Waals surface area contributed by atoms with Crippen molar-refractivity contribution in [1.82, 2.24) is 39.3 Å². The third kappa shape index (κ3) is 5.58. The number of amides is 1. The summed E-state index contributed by atoms with van der Waals surface area (Å²) in [6, 6.07) is 5.66. The quantitative estimate of drug-likeness (QED) is 0.282. The molecule has 1 aromatic carbocycles. The molecular weight excluding hydrogens is 601 g/mol. The van der Waals surface area contributed by atoms with E-state index in [0.29, 0.717) is 52.8 Å². The minimum atomic E-state index is -4.82. The number of halogens is 5. The number of aryl methyl sites for hydroxylation is 1. The third-order valence-corrected chi connectivity index (χ3v) is 7.70. The van der Waals surface area contributed by atoms with E-state index in [4.69, 9.17) is 0 Å². The largest absolute Gasteiger partial charge is 0.436 e. The molecule has 4 aromatic heterocycles. The fraction of sp³-hybridized carbons (Fsp3) is 0.276. The average molecular weight is 626 g/mol. The Bertz CT molecular complexity index is 1980. The fourth-order valence-electron chi connectivity index (χ4n) is 5.35. The predicted octanol–water partition coefficient (Wildman–Crippen LogP) is 4.93. The highest BCUT2D eigenvalue weighted by Gasteiger charge is 2.35. The highest BCUT2D eigenvalue weighted by molar-refractivity contribution is 5.95. The molecule has 0 fully saturated rings. The van der Waals surface area contributed by atoms with Gasteiger partial charge in [-0.05, 0) is 42.7 Å². The molecule has 2 atom stereocenters. The Morgan fingerprint density at radius 2 is 1.82 bits per heavy atom. The molecule has 5 heterocycles. The number of hydrogen-bond donors (Lipinski definition) is 1. The number of nitrogens with zero attached hydrogens (tertiary/aromatic N) is 8. The van der Waals surface area contributed by atoms with Crippen molar-refractivity contribution in [3.8, 4) is 28.3 Å². The molecule has 0 radical (unpaired) electrons. The number of hydrogen-bond acceptors (Lipinski definition) is 7. The summed E-state index contributed by atoms with van der Waals surface area (Å²) < 4.78 is 72.6. The minimum Gasteiger partial charge on any atom is -0.323 e. The van der Waals surface area contributed by atoms with Crippen molar-refractivity contribution in [3.05, 3.63) is 88.5 Å². The zero-order valence-electron chi connectivity index (χ0n) is 23.8. The number of alkyl halides is 3. The van der Waals surface area contributed by atoms with Crippen LogP contribution in [0, 0.1) is 17.6 Å². The molecule has 5 aromatic rings. The predicted molar refractivity (Wildman–Crippen MR) is 150 cm³/mol. The lowest BCUT2D eigenvalue weighted by Gasteiger charge is -2.23. The van der Waals surface area contributed by atoms with Gasteiger partial charge in [-0.15, -0.1) is 5.10 Å². The summed E-state index contributed by atoms with van der Waals surface area (Å²) in [5.74, 6) is -3.27. The average Bonchev–Trinajstić information content (AvgIpc) is 3.64. The SMILES string of the molecule is C[C@@H]1CCC[C@H](n2cnc(-c3c(-n4cc(C(F)(F)F)nn4)ccc(F)c3F)cc2=O)c2ccnc(c2)-c2c(cnn2C)NC1=O. The Balaban J connectivity index is 1.44. The monoisotopic (exact) mass is 625 g/mol. The molecular formula is C29H24F5N9O2. The van der Waals surface area contributed by atoms with E-state index < -0.39 is 40.7 Å². The molecule has 45 heavy (non-hydrogen) atoms. The van der Waals surface area contributed by atoms with Gasteiger partial charge in [-0.25, -0.2) is 18.4 Å². The highest BCUT2D eigenvalue weighted by Crippen LogP contribution is 2.34. The van der Waals surface area contributed by atoms with Crippen LogP contribution >= 0.6 is 0 Å². The number of rotatable bonds is 3. The van der Waals surface area contributed by atoms with Crippen molar-refractivity contribution in [2.45, 2.75) is 38.4 Å². The first-order chi connectivity index (χ1) is 21.4. The van der Waals surface area contributed by atoms with Gasteiger partial charge in [0.15, 0.2) is 17.3 Å². The number of carbonyl (C=O) groups excluding carboxylic acids is 1. The summed E-state index contributed by atoms with van der Waals surface area (Å²) >= 11 is 0. The van der Waals surface area contributed by atoms with Gasteiger partial charge in [-0.3, -0.25) is 23.8 Å². The van der Waals surface area contributed by atoms with E-state index in [1.807, 2.05) is 0 Å². The summed E-state index contributed by atoms with van der Waals surface area (Å²) in [5, 5.41) is 13.7. The van der Waals surface area contributed by atoms with Crippen molar-refractivity contribution >= 4 is 11.6 Å². The Hall–Kier alpha value is -5.28. The molecule has 1 N–H and O–H groups in total. The van der Waals surface area contributed by atoms with Gasteiger partial charge in [0.05, 0.1) is 53.1 Å². The molecule has 0 spiro atoms. The van der Waals surface area contributed by atoms with Crippen LogP contribution in [-0.4, -0.2) is 45.2 Å². The second-order valence-corrected chi connectivity index (χ2v) is 10.7. The van der Waals surface area contributed by atoms with Crippen molar-refractivity contribution < 1.29 is 26.7 Å². The summed E-state index contributed by atoms with van der Waals surface area (Å²) in [6.07, 6.45) is 1.45. The Morgan fingerprint density at radius 1 is 1.02 bits per heavy atom. The molecule has 16 heteroatoms. The van der Waals surface area contributed by atoms with Crippen LogP contribution in [0.2, 0.25) is 0 Å². The maximum absolute atomic E-state index is 15.2. The zero-order chi connectivity index (χ0) is 32.0. The van der Waals surface area contributed by atoms with Crippen molar-refractivity contribution in [2.75, 3.05) is 5.32 Å². The fourth-order valence-corrected chi connectivity index (χ4v) is 5.35. The number of pyridine rings is 1. The summed E-state index contributed by atoms with van der Waals surface area (Å²) in [6.45, 7) is 1.80. The first-order valence-corrected chi connectivity index (χ1v) is 13.8. The summed E-state index contributed by atoms with van der Waals surface area (Å²) in [7, 11) is 1.71. The van der Waals surface area contributed by atoms with E-state index in [9.17, 15) is 27.2 Å². The van der Waals surface area contributed by atoms with Crippen LogP contribution in [0.3, 0.4) is 0 Å². The second-order valence-electron chi connectivity index (χ2n) is 10.7. The zero-order valence-corrected chi connectivity index (χ0v) is 23.8. The number of fused-ring (bicyclic) bond motifs is 4. The second kappa shape index (κ2) is 11.3. The van der Waals surface area contributed by atoms with Gasteiger partial charge < -0.3 is 5.32 Å². The number of benzene rings is 1. The van der Waals surface area contributed by atoms with Crippen LogP contribution in [0.15, 0.2) is 60.0 Å². The van der Waals surface area contributed by atoms with Crippen molar-refractivity contribution in [2.24, 2.45) is 13.0 Å². The van der Waals surface area contributed by atoms with Crippen molar-refractivity contribution in [1.29, 1.82) is 0 Å². The molecule has 0 saturated carbocycles. The molecule has 2 bridgehead atoms. The Labute approximate surface area is 251 Å². The van der Waals surface area contributed by atoms with E-state index in [-0.39, 0.29) is 23.2 Å². The molecule has 1 amide bonds. The molecule has 0 saturated heterocycles. The van der Waals surface area contributed by atoms with Crippen molar-refractivity contribution in [3.63, 3.8) is 0 Å². The number of carbonyl (C=O) groups is 1. The van der Waals surface area contributed by atoms with Gasteiger partial charge in [-0.1, -0.05) is 18.6 Å². The van der Waals surface area contributed by atoms with Crippen LogP contribution in [0.4, 0.5) is 27.6 Å². The van der Waals surface area contributed by atoms with Crippen LogP contribution in [0.5, 0.6) is 0 Å². The minimum absolute atomic E-state index is 0.191. The van der Waals surface area contributed by atoms with Crippen LogP contribution in [0.1, 0.15) is 43.5 Å². The Morgan fingerprint density at radius 3 is 2.56 bits per heavy atom. The number of aromatic nitrogens is 8. The van der Waals surface area contributed by atoms with Gasteiger partial charge in [0, 0.05) is 25.2 Å². The first-order valence-electron chi connectivity index (χ1n) is 13.8. The van der Waals surface area contributed by atoms with Gasteiger partial charge in [0.2, 0.25) is 5.91 Å². The van der Waals surface area contributed by atoms with E-state index in [0.717, 1.165) is 18.2 Å². The Kier molecular flexibility index (Phi) is 7.50. The van der Waals surface area contributed by atoms with Crippen LogP contribution in [-0.2, 0) is 18.0 Å². The van der Waals surface area contributed by atoms with Crippen LogP contribution < -0.4 is 10.9 Å². The van der Waals surface area contributed by atoms with E-state index in [1.165, 1.54) is 17.1 Å². The van der Waals surface area contributed by atoms with E-state index >= 15 is 4.39 Å². The number of nitrogens with one attached hydrogen (secondary N) is 1. The third-order valence-electron chi connectivity index (χ3n) is 7.70. The van der Waals surface area contributed by atoms with Gasteiger partial charge in [0.25, 0.3) is 5.56 Å². The molecule has 0 aliphatic carbocycles. The van der Waals surface area contributed by atoms with Gasteiger partial charge in [-0.2, -0.15) is 18.3 Å². The first kappa shape index (κ1) is 29.8. The van der Waals surface area contributed by atoms with E-state index in [1.54, 1.807) is 37.0 Å². The van der Waals surface area contributed by atoms with Gasteiger partial charge >= 0.3 is 6.18 Å². The maximum atomic E-state index is 15.2. The number of anilines is 1. The molecule has 232 valence electrons. The molecule has 0 unspecified atom stereocenters.